The normalized spacial score (nSPS) is 11.8. The minimum atomic E-state index is -0.776. The third-order valence-corrected chi connectivity index (χ3v) is 6.77. The van der Waals surface area contributed by atoms with Crippen LogP contribution in [0.4, 0.5) is 5.69 Å². The van der Waals surface area contributed by atoms with Crippen molar-refractivity contribution in [2.45, 2.75) is 25.7 Å². The number of amides is 2. The molecule has 8 nitrogen and oxygen atoms in total. The summed E-state index contributed by atoms with van der Waals surface area (Å²) in [6.45, 7) is 3.74. The first-order valence-electron chi connectivity index (χ1n) is 11.7. The maximum absolute atomic E-state index is 13.0. The zero-order valence-corrected chi connectivity index (χ0v) is 21.8. The number of hydrogen-bond donors (Lipinski definition) is 4. The van der Waals surface area contributed by atoms with Gasteiger partial charge in [-0.1, -0.05) is 30.3 Å². The van der Waals surface area contributed by atoms with Crippen LogP contribution in [0, 0.1) is 13.8 Å². The molecule has 3 rings (SSSR count). The molecule has 3 aromatic carbocycles. The Labute approximate surface area is 220 Å². The van der Waals surface area contributed by atoms with Crippen LogP contribution in [0.2, 0.25) is 0 Å². The van der Waals surface area contributed by atoms with Gasteiger partial charge < -0.3 is 20.3 Å². The first kappa shape index (κ1) is 27.9. The number of hydrogen-bond acceptors (Lipinski definition) is 7. The molecule has 0 aliphatic carbocycles. The molecule has 4 N–H and O–H groups in total. The van der Waals surface area contributed by atoms with E-state index < -0.39 is 12.0 Å². The molecule has 0 spiro atoms. The quantitative estimate of drug-likeness (QED) is 0.224. The number of anilines is 1. The number of aliphatic hydroxyl groups excluding tert-OH is 2. The molecule has 0 aliphatic heterocycles. The lowest BCUT2D eigenvalue weighted by Gasteiger charge is -2.12. The number of ether oxygens (including phenoxy) is 1. The van der Waals surface area contributed by atoms with Crippen molar-refractivity contribution < 1.29 is 24.5 Å². The number of nitrogens with one attached hydrogen (secondary N) is 2. The van der Waals surface area contributed by atoms with Gasteiger partial charge >= 0.3 is 0 Å². The highest BCUT2D eigenvalue weighted by atomic mass is 32.2. The second kappa shape index (κ2) is 13.6. The summed E-state index contributed by atoms with van der Waals surface area (Å²) in [4.78, 5) is 25.9. The fourth-order valence-corrected chi connectivity index (χ4v) is 4.29. The molecule has 0 bridgehead atoms. The predicted octanol–water partition coefficient (Wildman–Crippen LogP) is 3.91. The van der Waals surface area contributed by atoms with Crippen molar-refractivity contribution in [2.24, 2.45) is 5.10 Å². The number of carbonyl (C=O) groups is 2. The fraction of sp³-hybridized carbons (Fsp3) is 0.250. The summed E-state index contributed by atoms with van der Waals surface area (Å²) in [5.74, 6) is 0.559. The first-order valence-corrected chi connectivity index (χ1v) is 12.8. The Morgan fingerprint density at radius 1 is 1.05 bits per heavy atom. The van der Waals surface area contributed by atoms with Gasteiger partial charge in [0.05, 0.1) is 37.3 Å². The number of nitrogens with zero attached hydrogens (tertiary/aromatic N) is 1. The van der Waals surface area contributed by atoms with Gasteiger partial charge in [0.2, 0.25) is 0 Å². The second-order valence-corrected chi connectivity index (χ2v) is 9.49. The zero-order chi connectivity index (χ0) is 26.8. The second-order valence-electron chi connectivity index (χ2n) is 8.46. The molecule has 0 saturated heterocycles. The van der Waals surface area contributed by atoms with Gasteiger partial charge in [0.1, 0.15) is 5.75 Å². The van der Waals surface area contributed by atoms with Crippen LogP contribution in [-0.4, -0.2) is 53.8 Å². The molecule has 3 aromatic rings. The van der Waals surface area contributed by atoms with Crippen LogP contribution < -0.4 is 15.5 Å². The standard InChI is InChI=1S/C28H31N3O5S/c1-18-7-8-20(11-19(18)2)14-29-31-28(35)25-13-24(36-3)9-10-26(25)30-27(34)22-6-4-5-21(12-22)16-37-17-23(33)15-32/h4-14,23,32-33H,15-17H2,1-3H3,(H,30,34)(H,31,35)/b29-14+. The Hall–Kier alpha value is -3.66. The summed E-state index contributed by atoms with van der Waals surface area (Å²) in [5, 5.41) is 25.3. The Kier molecular flexibility index (Phi) is 10.3. The predicted molar refractivity (Wildman–Crippen MR) is 148 cm³/mol. The minimum Gasteiger partial charge on any atom is -0.497 e. The summed E-state index contributed by atoms with van der Waals surface area (Å²) in [6.07, 6.45) is 0.785. The van der Waals surface area contributed by atoms with Gasteiger partial charge in [-0.3, -0.25) is 9.59 Å². The van der Waals surface area contributed by atoms with E-state index in [4.69, 9.17) is 9.84 Å². The first-order chi connectivity index (χ1) is 17.8. The molecular weight excluding hydrogens is 490 g/mol. The molecule has 1 atom stereocenters. The molecule has 9 heteroatoms. The highest BCUT2D eigenvalue weighted by Gasteiger charge is 2.16. The number of rotatable bonds is 11. The number of carbonyl (C=O) groups excluding carboxylic acids is 2. The van der Waals surface area contributed by atoms with E-state index in [2.05, 4.69) is 15.8 Å². The lowest BCUT2D eigenvalue weighted by Crippen LogP contribution is -2.21. The molecule has 0 fully saturated rings. The van der Waals surface area contributed by atoms with Crippen LogP contribution in [0.3, 0.4) is 0 Å². The number of hydrazone groups is 1. The molecule has 0 aromatic heterocycles. The molecule has 0 aliphatic rings. The Balaban J connectivity index is 1.72. The SMILES string of the molecule is COc1ccc(NC(=O)c2cccc(CSCC(O)CO)c2)c(C(=O)N/N=C/c2ccc(C)c(C)c2)c1. The monoisotopic (exact) mass is 521 g/mol. The van der Waals surface area contributed by atoms with E-state index >= 15 is 0 Å². The average molecular weight is 522 g/mol. The van der Waals surface area contributed by atoms with Crippen molar-refractivity contribution in [3.63, 3.8) is 0 Å². The summed E-state index contributed by atoms with van der Waals surface area (Å²) < 4.78 is 5.26. The number of aryl methyl sites for hydroxylation is 2. The molecular formula is C28H31N3O5S. The van der Waals surface area contributed by atoms with Gasteiger partial charge in [-0.05, 0) is 66.4 Å². The highest BCUT2D eigenvalue weighted by Crippen LogP contribution is 2.23. The van der Waals surface area contributed by atoms with Crippen molar-refractivity contribution in [2.75, 3.05) is 24.8 Å². The summed E-state index contributed by atoms with van der Waals surface area (Å²) in [6, 6.07) is 17.8. The Bertz CT molecular complexity index is 1280. The van der Waals surface area contributed by atoms with Gasteiger partial charge in [0, 0.05) is 17.1 Å². The largest absolute Gasteiger partial charge is 0.497 e. The van der Waals surface area contributed by atoms with Crippen molar-refractivity contribution in [3.8, 4) is 5.75 Å². The topological polar surface area (TPSA) is 120 Å². The van der Waals surface area contributed by atoms with Crippen LogP contribution in [0.25, 0.3) is 0 Å². The zero-order valence-electron chi connectivity index (χ0n) is 21.0. The fourth-order valence-electron chi connectivity index (χ4n) is 3.38. The van der Waals surface area contributed by atoms with Gasteiger partial charge in [0.25, 0.3) is 11.8 Å². The maximum atomic E-state index is 13.0. The number of thioether (sulfide) groups is 1. The van der Waals surface area contributed by atoms with E-state index in [9.17, 15) is 14.7 Å². The van der Waals surface area contributed by atoms with Crippen LogP contribution in [0.5, 0.6) is 5.75 Å². The van der Waals surface area contributed by atoms with E-state index in [1.165, 1.54) is 30.5 Å². The molecule has 0 heterocycles. The van der Waals surface area contributed by atoms with Crippen LogP contribution >= 0.6 is 11.8 Å². The van der Waals surface area contributed by atoms with E-state index in [0.717, 1.165) is 16.7 Å². The van der Waals surface area contributed by atoms with Crippen LogP contribution in [-0.2, 0) is 5.75 Å². The highest BCUT2D eigenvalue weighted by molar-refractivity contribution is 7.98. The molecule has 194 valence electrons. The lowest BCUT2D eigenvalue weighted by molar-refractivity contribution is 0.0955. The summed E-state index contributed by atoms with van der Waals surface area (Å²) >= 11 is 1.46. The third-order valence-electron chi connectivity index (χ3n) is 5.61. The third kappa shape index (κ3) is 8.18. The van der Waals surface area contributed by atoms with Crippen molar-refractivity contribution >= 4 is 35.5 Å². The van der Waals surface area contributed by atoms with E-state index in [0.29, 0.717) is 28.5 Å². The molecule has 0 radical (unpaired) electrons. The maximum Gasteiger partial charge on any atom is 0.273 e. The summed E-state index contributed by atoms with van der Waals surface area (Å²) in [5.41, 5.74) is 7.51. The van der Waals surface area contributed by atoms with Crippen LogP contribution in [0.15, 0.2) is 65.8 Å². The lowest BCUT2D eigenvalue weighted by atomic mass is 10.1. The Morgan fingerprint density at radius 2 is 1.86 bits per heavy atom. The van der Waals surface area contributed by atoms with Crippen LogP contribution in [0.1, 0.15) is 43.0 Å². The van der Waals surface area contributed by atoms with Gasteiger partial charge in [-0.25, -0.2) is 5.43 Å². The van der Waals surface area contributed by atoms with Crippen molar-refractivity contribution in [3.05, 3.63) is 94.0 Å². The van der Waals surface area contributed by atoms with E-state index in [1.807, 2.05) is 38.1 Å². The van der Waals surface area contributed by atoms with E-state index in [-0.39, 0.29) is 18.1 Å². The Morgan fingerprint density at radius 3 is 2.59 bits per heavy atom. The molecule has 0 saturated carbocycles. The molecule has 37 heavy (non-hydrogen) atoms. The van der Waals surface area contributed by atoms with Gasteiger partial charge in [-0.2, -0.15) is 16.9 Å². The average Bonchev–Trinajstić information content (AvgIpc) is 2.90. The smallest absolute Gasteiger partial charge is 0.273 e. The minimum absolute atomic E-state index is 0.203. The number of aliphatic hydroxyl groups is 2. The molecule has 2 amide bonds. The number of methoxy groups -OCH3 is 1. The molecule has 1 unspecified atom stereocenters. The van der Waals surface area contributed by atoms with Crippen molar-refractivity contribution in [1.82, 2.24) is 5.43 Å². The van der Waals surface area contributed by atoms with Gasteiger partial charge in [-0.15, -0.1) is 0 Å². The van der Waals surface area contributed by atoms with E-state index in [1.54, 1.807) is 36.5 Å². The number of benzene rings is 3. The summed E-state index contributed by atoms with van der Waals surface area (Å²) in [7, 11) is 1.50. The van der Waals surface area contributed by atoms with Crippen molar-refractivity contribution in [1.29, 1.82) is 0 Å². The van der Waals surface area contributed by atoms with Gasteiger partial charge in [0.15, 0.2) is 0 Å².